The Hall–Kier alpha value is -2.96. The van der Waals surface area contributed by atoms with Gasteiger partial charge in [-0.1, -0.05) is 12.1 Å². The van der Waals surface area contributed by atoms with Crippen LogP contribution in [0.5, 0.6) is 0 Å². The van der Waals surface area contributed by atoms with Crippen LogP contribution in [0.25, 0.3) is 11.0 Å². The minimum atomic E-state index is -0.996. The Labute approximate surface area is 113 Å². The number of hydrogen-bond donors (Lipinski definition) is 2. The number of anilines is 2. The number of aryl methyl sites for hydroxylation is 1. The molecule has 100 valence electrons. The fraction of sp³-hybridized carbons (Fsp3) is 0.0769. The van der Waals surface area contributed by atoms with E-state index < -0.39 is 5.97 Å². The highest BCUT2D eigenvalue weighted by atomic mass is 16.4. The summed E-state index contributed by atoms with van der Waals surface area (Å²) in [6.45, 7) is 0. The molecule has 2 heterocycles. The van der Waals surface area contributed by atoms with E-state index in [1.807, 2.05) is 0 Å². The smallest absolute Gasteiger partial charge is 0.337 e. The van der Waals surface area contributed by atoms with E-state index in [9.17, 15) is 9.90 Å². The van der Waals surface area contributed by atoms with Gasteiger partial charge in [0.15, 0.2) is 5.65 Å². The number of para-hydroxylation sites is 1. The molecule has 0 aliphatic rings. The molecule has 0 spiro atoms. The first kappa shape index (κ1) is 12.1. The van der Waals surface area contributed by atoms with E-state index in [0.717, 1.165) is 5.39 Å². The Morgan fingerprint density at radius 3 is 2.90 bits per heavy atom. The summed E-state index contributed by atoms with van der Waals surface area (Å²) < 4.78 is 1.63. The quantitative estimate of drug-likeness (QED) is 0.753. The van der Waals surface area contributed by atoms with Gasteiger partial charge in [-0.05, 0) is 12.1 Å². The Bertz CT molecular complexity index is 796. The number of nitrogens with one attached hydrogen (secondary N) is 1. The molecule has 1 aromatic carbocycles. The van der Waals surface area contributed by atoms with Gasteiger partial charge in [-0.2, -0.15) is 5.10 Å². The lowest BCUT2D eigenvalue weighted by molar-refractivity contribution is 0.0698. The highest BCUT2D eigenvalue weighted by molar-refractivity contribution is 5.97. The van der Waals surface area contributed by atoms with E-state index in [4.69, 9.17) is 0 Å². The van der Waals surface area contributed by atoms with E-state index in [2.05, 4.69) is 20.4 Å². The molecule has 0 bridgehead atoms. The number of aromatic nitrogens is 4. The van der Waals surface area contributed by atoms with E-state index in [0.29, 0.717) is 17.2 Å². The van der Waals surface area contributed by atoms with Crippen LogP contribution in [0.3, 0.4) is 0 Å². The summed E-state index contributed by atoms with van der Waals surface area (Å²) in [4.78, 5) is 19.5. The number of carbonyl (C=O) groups is 1. The van der Waals surface area contributed by atoms with Crippen LogP contribution in [-0.2, 0) is 7.05 Å². The monoisotopic (exact) mass is 269 g/mol. The predicted octanol–water partition coefficient (Wildman–Crippen LogP) is 1.81. The van der Waals surface area contributed by atoms with Crippen molar-refractivity contribution in [3.8, 4) is 0 Å². The van der Waals surface area contributed by atoms with Gasteiger partial charge < -0.3 is 10.4 Å². The van der Waals surface area contributed by atoms with Gasteiger partial charge in [0.2, 0.25) is 0 Å². The topological polar surface area (TPSA) is 92.9 Å². The van der Waals surface area contributed by atoms with Gasteiger partial charge in [-0.3, -0.25) is 4.68 Å². The van der Waals surface area contributed by atoms with Crippen molar-refractivity contribution in [3.63, 3.8) is 0 Å². The second-order valence-electron chi connectivity index (χ2n) is 4.20. The maximum Gasteiger partial charge on any atom is 0.337 e. The molecule has 0 aliphatic heterocycles. The highest BCUT2D eigenvalue weighted by Gasteiger charge is 2.12. The highest BCUT2D eigenvalue weighted by Crippen LogP contribution is 2.24. The number of carboxylic acids is 1. The van der Waals surface area contributed by atoms with Crippen LogP contribution in [0, 0.1) is 0 Å². The van der Waals surface area contributed by atoms with E-state index in [-0.39, 0.29) is 5.56 Å². The van der Waals surface area contributed by atoms with Crippen LogP contribution in [-0.4, -0.2) is 30.8 Å². The van der Waals surface area contributed by atoms with Crippen molar-refractivity contribution in [1.82, 2.24) is 19.7 Å². The Balaban J connectivity index is 2.08. The molecule has 7 nitrogen and oxygen atoms in total. The summed E-state index contributed by atoms with van der Waals surface area (Å²) >= 11 is 0. The zero-order chi connectivity index (χ0) is 14.1. The number of nitrogens with zero attached hydrogens (tertiary/aromatic N) is 4. The zero-order valence-electron chi connectivity index (χ0n) is 10.6. The van der Waals surface area contributed by atoms with Crippen molar-refractivity contribution in [2.45, 2.75) is 0 Å². The van der Waals surface area contributed by atoms with Gasteiger partial charge in [-0.25, -0.2) is 14.8 Å². The first-order valence-electron chi connectivity index (χ1n) is 5.89. The molecule has 0 unspecified atom stereocenters. The van der Waals surface area contributed by atoms with Crippen LogP contribution in [0.15, 0.2) is 36.8 Å². The molecule has 0 amide bonds. The van der Waals surface area contributed by atoms with Gasteiger partial charge in [0.05, 0.1) is 22.8 Å². The Kier molecular flexibility index (Phi) is 2.79. The maximum atomic E-state index is 11.2. The summed E-state index contributed by atoms with van der Waals surface area (Å²) in [6, 6.07) is 6.66. The van der Waals surface area contributed by atoms with Crippen molar-refractivity contribution in [2.24, 2.45) is 7.05 Å². The summed E-state index contributed by atoms with van der Waals surface area (Å²) in [5, 5.41) is 17.0. The van der Waals surface area contributed by atoms with Crippen molar-refractivity contribution >= 4 is 28.5 Å². The molecule has 0 radical (unpaired) electrons. The lowest BCUT2D eigenvalue weighted by Gasteiger charge is -2.09. The minimum Gasteiger partial charge on any atom is -0.478 e. The van der Waals surface area contributed by atoms with Crippen molar-refractivity contribution in [1.29, 1.82) is 0 Å². The molecule has 2 aromatic heterocycles. The molecule has 7 heteroatoms. The second-order valence-corrected chi connectivity index (χ2v) is 4.20. The summed E-state index contributed by atoms with van der Waals surface area (Å²) in [5.74, 6) is -0.471. The Morgan fingerprint density at radius 1 is 1.30 bits per heavy atom. The normalized spacial score (nSPS) is 10.7. The fourth-order valence-electron chi connectivity index (χ4n) is 1.97. The molecular weight excluding hydrogens is 258 g/mol. The third kappa shape index (κ3) is 1.95. The van der Waals surface area contributed by atoms with Crippen molar-refractivity contribution in [2.75, 3.05) is 5.32 Å². The van der Waals surface area contributed by atoms with Gasteiger partial charge >= 0.3 is 5.97 Å². The van der Waals surface area contributed by atoms with Gasteiger partial charge in [0.1, 0.15) is 12.1 Å². The molecule has 0 saturated heterocycles. The first-order valence-corrected chi connectivity index (χ1v) is 5.89. The van der Waals surface area contributed by atoms with Crippen LogP contribution in [0.2, 0.25) is 0 Å². The SMILES string of the molecule is Cn1ncc2c(Nc3ccccc3C(=O)O)ncnc21. The molecular formula is C13H11N5O2. The number of aromatic carboxylic acids is 1. The van der Waals surface area contributed by atoms with Crippen molar-refractivity contribution < 1.29 is 9.90 Å². The number of fused-ring (bicyclic) bond motifs is 1. The molecule has 20 heavy (non-hydrogen) atoms. The van der Waals surface area contributed by atoms with Crippen LogP contribution >= 0.6 is 0 Å². The minimum absolute atomic E-state index is 0.183. The lowest BCUT2D eigenvalue weighted by atomic mass is 10.2. The molecule has 0 atom stereocenters. The average Bonchev–Trinajstić information content (AvgIpc) is 2.82. The molecule has 3 rings (SSSR count). The standard InChI is InChI=1S/C13H11N5O2/c1-18-12-9(6-16-18)11(14-7-15-12)17-10-5-3-2-4-8(10)13(19)20/h2-7H,1H3,(H,19,20)(H,14,15,17). The van der Waals surface area contributed by atoms with E-state index in [1.165, 1.54) is 12.4 Å². The third-order valence-electron chi connectivity index (χ3n) is 2.94. The maximum absolute atomic E-state index is 11.2. The number of rotatable bonds is 3. The molecule has 0 saturated carbocycles. The van der Waals surface area contributed by atoms with Gasteiger partial charge in [0, 0.05) is 7.05 Å². The molecule has 2 N–H and O–H groups in total. The Morgan fingerprint density at radius 2 is 2.10 bits per heavy atom. The number of hydrogen-bond acceptors (Lipinski definition) is 5. The number of benzene rings is 1. The van der Waals surface area contributed by atoms with E-state index in [1.54, 1.807) is 36.1 Å². The molecule has 0 fully saturated rings. The van der Waals surface area contributed by atoms with Crippen molar-refractivity contribution in [3.05, 3.63) is 42.4 Å². The largest absolute Gasteiger partial charge is 0.478 e. The molecule has 0 aliphatic carbocycles. The first-order chi connectivity index (χ1) is 9.66. The average molecular weight is 269 g/mol. The third-order valence-corrected chi connectivity index (χ3v) is 2.94. The predicted molar refractivity (Wildman–Crippen MR) is 73.0 cm³/mol. The summed E-state index contributed by atoms with van der Waals surface area (Å²) in [7, 11) is 1.78. The van der Waals surface area contributed by atoms with Gasteiger partial charge in [0.25, 0.3) is 0 Å². The van der Waals surface area contributed by atoms with Crippen LogP contribution in [0.1, 0.15) is 10.4 Å². The van der Waals surface area contributed by atoms with Crippen LogP contribution in [0.4, 0.5) is 11.5 Å². The van der Waals surface area contributed by atoms with Gasteiger partial charge in [-0.15, -0.1) is 0 Å². The summed E-state index contributed by atoms with van der Waals surface area (Å²) in [5.41, 5.74) is 1.34. The summed E-state index contributed by atoms with van der Waals surface area (Å²) in [6.07, 6.45) is 3.05. The number of carboxylic acid groups (broad SMARTS) is 1. The van der Waals surface area contributed by atoms with Crippen LogP contribution < -0.4 is 5.32 Å². The molecule has 3 aromatic rings. The fourth-order valence-corrected chi connectivity index (χ4v) is 1.97. The van der Waals surface area contributed by atoms with E-state index >= 15 is 0 Å². The second kappa shape index (κ2) is 4.61. The lowest BCUT2D eigenvalue weighted by Crippen LogP contribution is -2.04. The zero-order valence-corrected chi connectivity index (χ0v) is 10.6.